The Morgan fingerprint density at radius 3 is 2.30 bits per heavy atom. The van der Waals surface area contributed by atoms with Crippen LogP contribution in [0.15, 0.2) is 47.4 Å². The number of ether oxygens (including phenoxy) is 2. The zero-order chi connectivity index (χ0) is 19.0. The third-order valence-electron chi connectivity index (χ3n) is 4.81. The molecule has 1 amide bonds. The fourth-order valence-corrected chi connectivity index (χ4v) is 4.63. The van der Waals surface area contributed by atoms with Gasteiger partial charge in [-0.2, -0.15) is 4.31 Å². The zero-order valence-corrected chi connectivity index (χ0v) is 15.7. The van der Waals surface area contributed by atoms with Gasteiger partial charge in [-0.1, -0.05) is 17.7 Å². The highest BCUT2D eigenvalue weighted by atomic mass is 32.2. The molecule has 7 nitrogen and oxygen atoms in total. The number of nitrogens with zero attached hydrogens (tertiary/aromatic N) is 2. The summed E-state index contributed by atoms with van der Waals surface area (Å²) in [6, 6.07) is 12.0. The Bertz CT molecular complexity index is 964. The Balaban J connectivity index is 1.45. The van der Waals surface area contributed by atoms with Gasteiger partial charge >= 0.3 is 0 Å². The molecule has 0 aliphatic carbocycles. The van der Waals surface area contributed by atoms with E-state index in [1.807, 2.05) is 19.1 Å². The number of aryl methyl sites for hydroxylation is 1. The molecule has 27 heavy (non-hydrogen) atoms. The molecule has 2 aromatic rings. The van der Waals surface area contributed by atoms with E-state index in [9.17, 15) is 13.2 Å². The third-order valence-corrected chi connectivity index (χ3v) is 6.70. The van der Waals surface area contributed by atoms with Gasteiger partial charge in [0, 0.05) is 37.8 Å². The van der Waals surface area contributed by atoms with Gasteiger partial charge in [-0.15, -0.1) is 0 Å². The fourth-order valence-electron chi connectivity index (χ4n) is 3.20. The fraction of sp³-hybridized carbons (Fsp3) is 0.316. The molecule has 0 N–H and O–H groups in total. The summed E-state index contributed by atoms with van der Waals surface area (Å²) >= 11 is 0. The Morgan fingerprint density at radius 2 is 1.59 bits per heavy atom. The van der Waals surface area contributed by atoms with Crippen molar-refractivity contribution in [1.82, 2.24) is 9.21 Å². The quantitative estimate of drug-likeness (QED) is 0.802. The second-order valence-corrected chi connectivity index (χ2v) is 8.52. The highest BCUT2D eigenvalue weighted by Crippen LogP contribution is 2.34. The number of fused-ring (bicyclic) bond motifs is 1. The van der Waals surface area contributed by atoms with Crippen LogP contribution >= 0.6 is 0 Å². The monoisotopic (exact) mass is 388 g/mol. The summed E-state index contributed by atoms with van der Waals surface area (Å²) in [5.41, 5.74) is 1.71. The number of sulfonamides is 1. The second-order valence-electron chi connectivity index (χ2n) is 6.58. The van der Waals surface area contributed by atoms with Crippen molar-refractivity contribution in [3.8, 4) is 11.5 Å². The summed E-state index contributed by atoms with van der Waals surface area (Å²) < 4.78 is 37.7. The molecule has 1 saturated heterocycles. The Hall–Kier alpha value is -2.58. The van der Waals surface area contributed by atoms with Gasteiger partial charge in [-0.05, 0) is 31.2 Å². The Kier molecular flexibility index (Phi) is 4.53. The van der Waals surface area contributed by atoms with E-state index in [4.69, 9.17) is 9.47 Å². The first-order valence-electron chi connectivity index (χ1n) is 8.71. The number of hydrogen-bond acceptors (Lipinski definition) is 5. The average molecular weight is 388 g/mol. The second kappa shape index (κ2) is 6.86. The van der Waals surface area contributed by atoms with E-state index in [-0.39, 0.29) is 30.7 Å². The lowest BCUT2D eigenvalue weighted by molar-refractivity contribution is 0.0698. The van der Waals surface area contributed by atoms with Crippen LogP contribution in [-0.2, 0) is 10.0 Å². The smallest absolute Gasteiger partial charge is 0.253 e. The summed E-state index contributed by atoms with van der Waals surface area (Å²) in [6.45, 7) is 3.29. The van der Waals surface area contributed by atoms with Gasteiger partial charge in [0.05, 0.1) is 4.90 Å². The van der Waals surface area contributed by atoms with Crippen molar-refractivity contribution in [2.75, 3.05) is 33.0 Å². The van der Waals surface area contributed by atoms with Gasteiger partial charge in [0.2, 0.25) is 16.8 Å². The van der Waals surface area contributed by atoms with Crippen LogP contribution in [0, 0.1) is 6.92 Å². The maximum absolute atomic E-state index is 12.9. The lowest BCUT2D eigenvalue weighted by atomic mass is 10.1. The number of rotatable bonds is 3. The number of piperazine rings is 1. The van der Waals surface area contributed by atoms with Crippen molar-refractivity contribution >= 4 is 15.9 Å². The number of carbonyl (C=O) groups is 1. The molecule has 0 saturated carbocycles. The van der Waals surface area contributed by atoms with Gasteiger partial charge in [-0.3, -0.25) is 4.79 Å². The van der Waals surface area contributed by atoms with Gasteiger partial charge in [0.25, 0.3) is 5.91 Å². The van der Waals surface area contributed by atoms with Crippen LogP contribution in [0.5, 0.6) is 11.5 Å². The molecule has 142 valence electrons. The summed E-state index contributed by atoms with van der Waals surface area (Å²) in [4.78, 5) is 14.5. The van der Waals surface area contributed by atoms with Crippen LogP contribution in [0.25, 0.3) is 0 Å². The van der Waals surface area contributed by atoms with Crippen molar-refractivity contribution in [3.63, 3.8) is 0 Å². The van der Waals surface area contributed by atoms with Crippen molar-refractivity contribution in [1.29, 1.82) is 0 Å². The first-order valence-corrected chi connectivity index (χ1v) is 10.1. The van der Waals surface area contributed by atoms with Crippen LogP contribution in [0.3, 0.4) is 0 Å². The van der Waals surface area contributed by atoms with E-state index in [1.165, 1.54) is 16.4 Å². The van der Waals surface area contributed by atoms with Crippen molar-refractivity contribution in [2.45, 2.75) is 11.8 Å². The standard InChI is InChI=1S/C19H20N2O5S/c1-14-2-4-15(5-3-14)19(22)20-8-10-21(11-9-20)27(23,24)16-6-7-17-18(12-16)26-13-25-17/h2-7,12H,8-11,13H2,1H3. The minimum absolute atomic E-state index is 0.0740. The van der Waals surface area contributed by atoms with Crippen LogP contribution < -0.4 is 9.47 Å². The lowest BCUT2D eigenvalue weighted by Crippen LogP contribution is -2.50. The summed E-state index contributed by atoms with van der Waals surface area (Å²) in [7, 11) is -3.64. The first kappa shape index (κ1) is 17.8. The van der Waals surface area contributed by atoms with Crippen LogP contribution in [0.1, 0.15) is 15.9 Å². The van der Waals surface area contributed by atoms with Gasteiger partial charge < -0.3 is 14.4 Å². The molecule has 2 aliphatic heterocycles. The number of hydrogen-bond donors (Lipinski definition) is 0. The minimum Gasteiger partial charge on any atom is -0.454 e. The predicted molar refractivity (Wildman–Crippen MR) is 98.4 cm³/mol. The number of benzene rings is 2. The Labute approximate surface area is 158 Å². The molecule has 8 heteroatoms. The largest absolute Gasteiger partial charge is 0.454 e. The van der Waals surface area contributed by atoms with Gasteiger partial charge in [0.1, 0.15) is 0 Å². The maximum Gasteiger partial charge on any atom is 0.253 e. The van der Waals surface area contributed by atoms with Gasteiger partial charge in [-0.25, -0.2) is 8.42 Å². The van der Waals surface area contributed by atoms with E-state index >= 15 is 0 Å². The normalized spacial score (nSPS) is 17.1. The van der Waals surface area contributed by atoms with Crippen LogP contribution in [-0.4, -0.2) is 56.5 Å². The van der Waals surface area contributed by atoms with E-state index in [1.54, 1.807) is 23.1 Å². The molecule has 0 bridgehead atoms. The molecular weight excluding hydrogens is 368 g/mol. The van der Waals surface area contributed by atoms with Crippen molar-refractivity contribution in [3.05, 3.63) is 53.6 Å². The highest BCUT2D eigenvalue weighted by molar-refractivity contribution is 7.89. The topological polar surface area (TPSA) is 76.2 Å². The maximum atomic E-state index is 12.9. The van der Waals surface area contributed by atoms with Crippen LogP contribution in [0.2, 0.25) is 0 Å². The van der Waals surface area contributed by atoms with E-state index < -0.39 is 10.0 Å². The zero-order valence-electron chi connectivity index (χ0n) is 14.9. The SMILES string of the molecule is Cc1ccc(C(=O)N2CCN(S(=O)(=O)c3ccc4c(c3)OCO4)CC2)cc1. The molecule has 0 aromatic heterocycles. The first-order chi connectivity index (χ1) is 12.9. The molecule has 1 fully saturated rings. The van der Waals surface area contributed by atoms with E-state index in [0.29, 0.717) is 30.2 Å². The molecule has 0 atom stereocenters. The summed E-state index contributed by atoms with van der Waals surface area (Å²) in [5.74, 6) is 0.904. The van der Waals surface area contributed by atoms with E-state index in [2.05, 4.69) is 0 Å². The minimum atomic E-state index is -3.64. The van der Waals surface area contributed by atoms with Crippen molar-refractivity contribution < 1.29 is 22.7 Å². The van der Waals surface area contributed by atoms with E-state index in [0.717, 1.165) is 5.56 Å². The highest BCUT2D eigenvalue weighted by Gasteiger charge is 2.31. The predicted octanol–water partition coefficient (Wildman–Crippen LogP) is 1.87. The molecule has 0 spiro atoms. The average Bonchev–Trinajstić information content (AvgIpc) is 3.16. The Morgan fingerprint density at radius 1 is 0.926 bits per heavy atom. The van der Waals surface area contributed by atoms with Crippen LogP contribution in [0.4, 0.5) is 0 Å². The van der Waals surface area contributed by atoms with Gasteiger partial charge in [0.15, 0.2) is 11.5 Å². The molecular formula is C19H20N2O5S. The molecule has 2 aromatic carbocycles. The third kappa shape index (κ3) is 3.38. The molecule has 0 radical (unpaired) electrons. The molecule has 4 rings (SSSR count). The number of amides is 1. The number of carbonyl (C=O) groups excluding carboxylic acids is 1. The summed E-state index contributed by atoms with van der Waals surface area (Å²) in [5, 5.41) is 0. The molecule has 0 unspecified atom stereocenters. The van der Waals surface area contributed by atoms with Crippen molar-refractivity contribution in [2.24, 2.45) is 0 Å². The lowest BCUT2D eigenvalue weighted by Gasteiger charge is -2.34. The summed E-state index contributed by atoms with van der Waals surface area (Å²) in [6.07, 6.45) is 0. The molecule has 2 aliphatic rings. The molecule has 2 heterocycles.